The summed E-state index contributed by atoms with van der Waals surface area (Å²) in [6, 6.07) is 5.49. The van der Waals surface area contributed by atoms with Gasteiger partial charge < -0.3 is 10.5 Å². The maximum atomic E-state index is 11.9. The summed E-state index contributed by atoms with van der Waals surface area (Å²) < 4.78 is 40.1. The molecule has 0 saturated heterocycles. The predicted molar refractivity (Wildman–Crippen MR) is 51.4 cm³/mol. The Kier molecular flexibility index (Phi) is 3.89. The van der Waals surface area contributed by atoms with Crippen molar-refractivity contribution in [1.82, 2.24) is 0 Å². The van der Waals surface area contributed by atoms with Crippen molar-refractivity contribution in [3.8, 4) is 5.75 Å². The van der Waals surface area contributed by atoms with Crippen LogP contribution in [0.2, 0.25) is 0 Å². The average Bonchev–Trinajstić information content (AvgIpc) is 2.25. The molecule has 0 aromatic heterocycles. The van der Waals surface area contributed by atoms with Crippen molar-refractivity contribution in [3.05, 3.63) is 29.8 Å². The van der Waals surface area contributed by atoms with Gasteiger partial charge in [-0.3, -0.25) is 4.79 Å². The fourth-order valence-electron chi connectivity index (χ4n) is 1.04. The first kappa shape index (κ1) is 12.5. The van der Waals surface area contributed by atoms with Crippen LogP contribution in [0.4, 0.5) is 13.2 Å². The Bertz CT molecular complexity index is 377. The number of alkyl halides is 3. The number of Topliss-reactive ketones (excluding diaryl/α,β-unsaturated/α-hetero) is 1. The van der Waals surface area contributed by atoms with Crippen molar-refractivity contribution in [1.29, 1.82) is 0 Å². The molecule has 0 aliphatic rings. The summed E-state index contributed by atoms with van der Waals surface area (Å²) in [7, 11) is 0. The molecule has 0 heterocycles. The summed E-state index contributed by atoms with van der Waals surface area (Å²) in [5, 5.41) is 0. The molecule has 1 aromatic carbocycles. The zero-order valence-corrected chi connectivity index (χ0v) is 8.25. The molecular weight excluding hydrogens is 223 g/mol. The van der Waals surface area contributed by atoms with Gasteiger partial charge in [0.15, 0.2) is 12.4 Å². The second kappa shape index (κ2) is 4.98. The van der Waals surface area contributed by atoms with Crippen molar-refractivity contribution >= 4 is 5.78 Å². The third-order valence-electron chi connectivity index (χ3n) is 1.74. The first-order chi connectivity index (χ1) is 7.42. The Labute approximate surface area is 90.0 Å². The molecule has 0 unspecified atom stereocenters. The third-order valence-corrected chi connectivity index (χ3v) is 1.74. The summed E-state index contributed by atoms with van der Waals surface area (Å²) in [6.07, 6.45) is -4.39. The van der Waals surface area contributed by atoms with E-state index in [9.17, 15) is 18.0 Å². The maximum Gasteiger partial charge on any atom is 0.422 e. The van der Waals surface area contributed by atoms with E-state index in [1.807, 2.05) is 0 Å². The monoisotopic (exact) mass is 233 g/mol. The van der Waals surface area contributed by atoms with Crippen LogP contribution in [-0.4, -0.2) is 25.1 Å². The molecule has 1 rings (SSSR count). The normalized spacial score (nSPS) is 11.2. The second-order valence-electron chi connectivity index (χ2n) is 3.06. The molecule has 0 radical (unpaired) electrons. The van der Waals surface area contributed by atoms with Gasteiger partial charge in [0.1, 0.15) is 5.75 Å². The molecule has 0 bridgehead atoms. The van der Waals surface area contributed by atoms with E-state index in [1.54, 1.807) is 0 Å². The molecule has 3 nitrogen and oxygen atoms in total. The van der Waals surface area contributed by atoms with Crippen LogP contribution in [0, 0.1) is 0 Å². The van der Waals surface area contributed by atoms with E-state index < -0.39 is 12.8 Å². The molecule has 0 aliphatic carbocycles. The van der Waals surface area contributed by atoms with Crippen molar-refractivity contribution in [2.45, 2.75) is 6.18 Å². The Morgan fingerprint density at radius 2 is 2.06 bits per heavy atom. The lowest BCUT2D eigenvalue weighted by molar-refractivity contribution is -0.153. The summed E-state index contributed by atoms with van der Waals surface area (Å²) in [5.74, 6) is -0.353. The number of nitrogens with two attached hydrogens (primary N) is 1. The Hall–Kier alpha value is -1.56. The Balaban J connectivity index is 2.71. The number of carbonyl (C=O) groups excluding carboxylic acids is 1. The van der Waals surface area contributed by atoms with Gasteiger partial charge in [0.05, 0.1) is 6.54 Å². The zero-order chi connectivity index (χ0) is 12.2. The van der Waals surface area contributed by atoms with E-state index in [0.717, 1.165) is 0 Å². The van der Waals surface area contributed by atoms with Crippen molar-refractivity contribution in [3.63, 3.8) is 0 Å². The lowest BCUT2D eigenvalue weighted by Crippen LogP contribution is -2.19. The molecule has 0 aliphatic heterocycles. The largest absolute Gasteiger partial charge is 0.484 e. The predicted octanol–water partition coefficient (Wildman–Crippen LogP) is 1.77. The van der Waals surface area contributed by atoms with Crippen LogP contribution in [0.25, 0.3) is 0 Å². The van der Waals surface area contributed by atoms with Crippen molar-refractivity contribution in [2.24, 2.45) is 5.73 Å². The van der Waals surface area contributed by atoms with Crippen LogP contribution < -0.4 is 10.5 Å². The number of carbonyl (C=O) groups is 1. The first-order valence-electron chi connectivity index (χ1n) is 4.45. The van der Waals surface area contributed by atoms with Gasteiger partial charge in [-0.25, -0.2) is 0 Å². The lowest BCUT2D eigenvalue weighted by atomic mass is 10.1. The van der Waals surface area contributed by atoms with Gasteiger partial charge >= 0.3 is 6.18 Å². The molecule has 1 aromatic rings. The van der Waals surface area contributed by atoms with Crippen LogP contribution in [0.5, 0.6) is 5.75 Å². The summed E-state index contributed by atoms with van der Waals surface area (Å²) >= 11 is 0. The molecule has 0 amide bonds. The van der Waals surface area contributed by atoms with Gasteiger partial charge in [-0.1, -0.05) is 12.1 Å². The molecular formula is C10H10F3NO2. The molecule has 0 fully saturated rings. The molecule has 6 heteroatoms. The number of hydrogen-bond acceptors (Lipinski definition) is 3. The van der Waals surface area contributed by atoms with E-state index in [-0.39, 0.29) is 23.6 Å². The summed E-state index contributed by atoms with van der Waals surface area (Å²) in [6.45, 7) is -1.57. The van der Waals surface area contributed by atoms with Crippen LogP contribution in [-0.2, 0) is 0 Å². The summed E-state index contributed by atoms with van der Waals surface area (Å²) in [4.78, 5) is 11.2. The smallest absolute Gasteiger partial charge is 0.422 e. The first-order valence-corrected chi connectivity index (χ1v) is 4.45. The van der Waals surface area contributed by atoms with Gasteiger partial charge in [-0.2, -0.15) is 13.2 Å². The fourth-order valence-corrected chi connectivity index (χ4v) is 1.04. The highest BCUT2D eigenvalue weighted by Crippen LogP contribution is 2.19. The van der Waals surface area contributed by atoms with Gasteiger partial charge in [0.25, 0.3) is 0 Å². The average molecular weight is 233 g/mol. The van der Waals surface area contributed by atoms with E-state index in [2.05, 4.69) is 4.74 Å². The molecule has 0 atom stereocenters. The third kappa shape index (κ3) is 3.90. The van der Waals surface area contributed by atoms with Gasteiger partial charge in [-0.15, -0.1) is 0 Å². The minimum Gasteiger partial charge on any atom is -0.484 e. The summed E-state index contributed by atoms with van der Waals surface area (Å²) in [5.41, 5.74) is 5.37. The molecule has 2 N–H and O–H groups in total. The van der Waals surface area contributed by atoms with E-state index in [0.29, 0.717) is 0 Å². The van der Waals surface area contributed by atoms with Crippen LogP contribution in [0.3, 0.4) is 0 Å². The Morgan fingerprint density at radius 3 is 2.62 bits per heavy atom. The SMILES string of the molecule is NCC(=O)c1cccc(OCC(F)(F)F)c1. The molecule has 0 saturated carbocycles. The van der Waals surface area contributed by atoms with Gasteiger partial charge in [0.2, 0.25) is 0 Å². The number of ether oxygens (including phenoxy) is 1. The zero-order valence-electron chi connectivity index (χ0n) is 8.25. The molecule has 88 valence electrons. The minimum atomic E-state index is -4.39. The maximum absolute atomic E-state index is 11.9. The fraction of sp³-hybridized carbons (Fsp3) is 0.300. The minimum absolute atomic E-state index is 0.00312. The topological polar surface area (TPSA) is 52.3 Å². The highest BCUT2D eigenvalue weighted by Gasteiger charge is 2.28. The van der Waals surface area contributed by atoms with Crippen LogP contribution in [0.1, 0.15) is 10.4 Å². The number of ketones is 1. The standard InChI is InChI=1S/C10H10F3NO2/c11-10(12,13)6-16-8-3-1-2-7(4-8)9(15)5-14/h1-4H,5-6,14H2. The highest BCUT2D eigenvalue weighted by molar-refractivity contribution is 5.97. The molecule has 0 spiro atoms. The molecule has 16 heavy (non-hydrogen) atoms. The van der Waals surface area contributed by atoms with Crippen molar-refractivity contribution < 1.29 is 22.7 Å². The number of hydrogen-bond donors (Lipinski definition) is 1. The van der Waals surface area contributed by atoms with Crippen LogP contribution >= 0.6 is 0 Å². The lowest BCUT2D eigenvalue weighted by Gasteiger charge is -2.09. The van der Waals surface area contributed by atoms with Gasteiger partial charge in [0, 0.05) is 5.56 Å². The number of rotatable bonds is 4. The number of benzene rings is 1. The van der Waals surface area contributed by atoms with Gasteiger partial charge in [-0.05, 0) is 12.1 Å². The van der Waals surface area contributed by atoms with E-state index in [4.69, 9.17) is 5.73 Å². The quantitative estimate of drug-likeness (QED) is 0.806. The van der Waals surface area contributed by atoms with E-state index in [1.165, 1.54) is 24.3 Å². The number of halogens is 3. The van der Waals surface area contributed by atoms with Crippen molar-refractivity contribution in [2.75, 3.05) is 13.2 Å². The second-order valence-corrected chi connectivity index (χ2v) is 3.06. The van der Waals surface area contributed by atoms with E-state index >= 15 is 0 Å². The van der Waals surface area contributed by atoms with Crippen LogP contribution in [0.15, 0.2) is 24.3 Å². The Morgan fingerprint density at radius 1 is 1.38 bits per heavy atom. The highest BCUT2D eigenvalue weighted by atomic mass is 19.4.